The molecule has 2 aliphatic rings. The van der Waals surface area contributed by atoms with Gasteiger partial charge in [-0.3, -0.25) is 0 Å². The van der Waals surface area contributed by atoms with Crippen molar-refractivity contribution in [2.75, 3.05) is 38.6 Å². The minimum atomic E-state index is -3.11. The second-order valence-corrected chi connectivity index (χ2v) is 7.26. The summed E-state index contributed by atoms with van der Waals surface area (Å²) in [7, 11) is -3.11. The van der Waals surface area contributed by atoms with Crippen LogP contribution in [0.4, 0.5) is 0 Å². The number of piperidine rings is 1. The van der Waals surface area contributed by atoms with Crippen molar-refractivity contribution in [3.63, 3.8) is 0 Å². The highest BCUT2D eigenvalue weighted by Crippen LogP contribution is 2.15. The summed E-state index contributed by atoms with van der Waals surface area (Å²) in [5.74, 6) is 0.940. The molecular weight excluding hydrogens is 252 g/mol. The van der Waals surface area contributed by atoms with Crippen molar-refractivity contribution in [3.05, 3.63) is 0 Å². The molecule has 1 atom stereocenters. The van der Waals surface area contributed by atoms with Gasteiger partial charge in [0, 0.05) is 13.2 Å². The molecule has 2 N–H and O–H groups in total. The highest BCUT2D eigenvalue weighted by Gasteiger charge is 2.22. The van der Waals surface area contributed by atoms with Crippen LogP contribution in [-0.4, -0.2) is 47.0 Å². The molecule has 0 aromatic heterocycles. The van der Waals surface area contributed by atoms with Crippen molar-refractivity contribution in [2.24, 2.45) is 11.8 Å². The second-order valence-electron chi connectivity index (χ2n) is 5.41. The molecule has 1 unspecified atom stereocenters. The summed E-state index contributed by atoms with van der Waals surface area (Å²) in [6, 6.07) is 0. The zero-order valence-electron chi connectivity index (χ0n) is 10.9. The maximum absolute atomic E-state index is 12.0. The van der Waals surface area contributed by atoms with Crippen LogP contribution in [0.15, 0.2) is 0 Å². The van der Waals surface area contributed by atoms with Crippen LogP contribution in [0.2, 0.25) is 0 Å². The fourth-order valence-corrected chi connectivity index (χ4v) is 4.19. The van der Waals surface area contributed by atoms with Gasteiger partial charge in [0.2, 0.25) is 10.0 Å². The maximum Gasteiger partial charge on any atom is 0.211 e. The molecule has 0 radical (unpaired) electrons. The molecule has 106 valence electrons. The lowest BCUT2D eigenvalue weighted by molar-refractivity contribution is 0.0568. The molecule has 2 aliphatic heterocycles. The Hall–Kier alpha value is -0.170. The fourth-order valence-electron chi connectivity index (χ4n) is 2.63. The molecule has 0 bridgehead atoms. The predicted molar refractivity (Wildman–Crippen MR) is 70.9 cm³/mol. The Morgan fingerprint density at radius 1 is 1.17 bits per heavy atom. The molecular formula is C12H24N2O3S. The Balaban J connectivity index is 1.72. The zero-order valence-corrected chi connectivity index (χ0v) is 11.7. The van der Waals surface area contributed by atoms with Gasteiger partial charge in [0.15, 0.2) is 0 Å². The van der Waals surface area contributed by atoms with E-state index in [0.717, 1.165) is 45.4 Å². The Morgan fingerprint density at radius 2 is 1.94 bits per heavy atom. The molecule has 0 aliphatic carbocycles. The number of rotatable bonds is 5. The number of sulfonamides is 1. The highest BCUT2D eigenvalue weighted by molar-refractivity contribution is 7.89. The smallest absolute Gasteiger partial charge is 0.211 e. The van der Waals surface area contributed by atoms with Gasteiger partial charge in [-0.2, -0.15) is 0 Å². The summed E-state index contributed by atoms with van der Waals surface area (Å²) < 4.78 is 32.0. The summed E-state index contributed by atoms with van der Waals surface area (Å²) in [5, 5.41) is 3.25. The molecule has 18 heavy (non-hydrogen) atoms. The third-order valence-electron chi connectivity index (χ3n) is 3.76. The lowest BCUT2D eigenvalue weighted by Crippen LogP contribution is -2.38. The van der Waals surface area contributed by atoms with Crippen molar-refractivity contribution < 1.29 is 13.2 Å². The largest absolute Gasteiger partial charge is 0.381 e. The van der Waals surface area contributed by atoms with E-state index >= 15 is 0 Å². The molecule has 5 nitrogen and oxygen atoms in total. The van der Waals surface area contributed by atoms with Crippen LogP contribution in [0.25, 0.3) is 0 Å². The van der Waals surface area contributed by atoms with Crippen molar-refractivity contribution >= 4 is 10.0 Å². The van der Waals surface area contributed by atoms with Crippen molar-refractivity contribution in [1.82, 2.24) is 10.0 Å². The molecule has 0 aromatic carbocycles. The summed E-state index contributed by atoms with van der Waals surface area (Å²) in [6.45, 7) is 3.93. The molecule has 0 aromatic rings. The van der Waals surface area contributed by atoms with Crippen LogP contribution >= 0.6 is 0 Å². The first kappa shape index (κ1) is 14.2. The Labute approximate surface area is 110 Å². The van der Waals surface area contributed by atoms with Crippen LogP contribution in [0.5, 0.6) is 0 Å². The van der Waals surface area contributed by atoms with Crippen molar-refractivity contribution in [1.29, 1.82) is 0 Å². The monoisotopic (exact) mass is 276 g/mol. The van der Waals surface area contributed by atoms with E-state index in [-0.39, 0.29) is 5.75 Å². The van der Waals surface area contributed by atoms with Gasteiger partial charge in [-0.05, 0) is 50.6 Å². The van der Waals surface area contributed by atoms with Crippen LogP contribution < -0.4 is 10.0 Å². The topological polar surface area (TPSA) is 67.4 Å². The Kier molecular flexibility index (Phi) is 5.41. The van der Waals surface area contributed by atoms with Crippen LogP contribution in [0, 0.1) is 11.8 Å². The van der Waals surface area contributed by atoms with Gasteiger partial charge in [-0.1, -0.05) is 0 Å². The average molecular weight is 276 g/mol. The van der Waals surface area contributed by atoms with Crippen LogP contribution in [-0.2, 0) is 14.8 Å². The maximum atomic E-state index is 12.0. The second kappa shape index (κ2) is 6.84. The van der Waals surface area contributed by atoms with E-state index in [4.69, 9.17) is 4.74 Å². The zero-order chi connectivity index (χ0) is 12.8. The van der Waals surface area contributed by atoms with Gasteiger partial charge in [0.05, 0.1) is 12.4 Å². The van der Waals surface area contributed by atoms with Crippen molar-refractivity contribution in [2.45, 2.75) is 25.7 Å². The van der Waals surface area contributed by atoms with E-state index in [9.17, 15) is 8.42 Å². The van der Waals surface area contributed by atoms with E-state index in [1.165, 1.54) is 0 Å². The molecule has 0 saturated carbocycles. The van der Waals surface area contributed by atoms with Gasteiger partial charge >= 0.3 is 0 Å². The molecule has 0 spiro atoms. The molecule has 2 fully saturated rings. The quantitative estimate of drug-likeness (QED) is 0.759. The number of hydrogen-bond donors (Lipinski definition) is 2. The minimum Gasteiger partial charge on any atom is -0.381 e. The third kappa shape index (κ3) is 4.84. The summed E-state index contributed by atoms with van der Waals surface area (Å²) in [5.41, 5.74) is 0. The molecule has 2 rings (SSSR count). The normalized spacial score (nSPS) is 27.2. The first-order chi connectivity index (χ1) is 8.66. The SMILES string of the molecule is O=S(=O)(CC1CCNCC1)NCC1CCCOC1. The van der Waals surface area contributed by atoms with Crippen molar-refractivity contribution in [3.8, 4) is 0 Å². The number of hydrogen-bond acceptors (Lipinski definition) is 4. The lowest BCUT2D eigenvalue weighted by Gasteiger charge is -2.24. The fraction of sp³-hybridized carbons (Fsp3) is 1.00. The van der Waals surface area contributed by atoms with Gasteiger partial charge in [-0.15, -0.1) is 0 Å². The van der Waals surface area contributed by atoms with Gasteiger partial charge < -0.3 is 10.1 Å². The molecule has 2 saturated heterocycles. The Bertz CT molecular complexity index is 333. The highest BCUT2D eigenvalue weighted by atomic mass is 32.2. The molecule has 6 heteroatoms. The predicted octanol–water partition coefficient (Wildman–Crippen LogP) is 0.332. The van der Waals surface area contributed by atoms with E-state index in [2.05, 4.69) is 10.0 Å². The van der Waals surface area contributed by atoms with E-state index in [1.54, 1.807) is 0 Å². The average Bonchev–Trinajstić information content (AvgIpc) is 2.38. The standard InChI is InChI=1S/C12H24N2O3S/c15-18(16,10-11-3-5-13-6-4-11)14-8-12-2-1-7-17-9-12/h11-14H,1-10H2. The first-order valence-corrected chi connectivity index (χ1v) is 8.57. The van der Waals surface area contributed by atoms with E-state index in [1.807, 2.05) is 0 Å². The van der Waals surface area contributed by atoms with Gasteiger partial charge in [0.1, 0.15) is 0 Å². The third-order valence-corrected chi connectivity index (χ3v) is 5.28. The van der Waals surface area contributed by atoms with Crippen LogP contribution in [0.3, 0.4) is 0 Å². The molecule has 0 amide bonds. The van der Waals surface area contributed by atoms with E-state index in [0.29, 0.717) is 25.0 Å². The number of ether oxygens (including phenoxy) is 1. The van der Waals surface area contributed by atoms with Crippen LogP contribution in [0.1, 0.15) is 25.7 Å². The lowest BCUT2D eigenvalue weighted by atomic mass is 10.0. The summed E-state index contributed by atoms with van der Waals surface area (Å²) in [4.78, 5) is 0. The number of nitrogens with one attached hydrogen (secondary N) is 2. The van der Waals surface area contributed by atoms with E-state index < -0.39 is 10.0 Å². The first-order valence-electron chi connectivity index (χ1n) is 6.91. The molecule has 2 heterocycles. The van der Waals surface area contributed by atoms with Gasteiger partial charge in [-0.25, -0.2) is 13.1 Å². The summed E-state index contributed by atoms with van der Waals surface area (Å²) >= 11 is 0. The Morgan fingerprint density at radius 3 is 2.61 bits per heavy atom. The van der Waals surface area contributed by atoms with Gasteiger partial charge in [0.25, 0.3) is 0 Å². The summed E-state index contributed by atoms with van der Waals surface area (Å²) in [6.07, 6.45) is 4.04. The minimum absolute atomic E-state index is 0.280.